The number of ether oxygens (including phenoxy) is 1. The quantitative estimate of drug-likeness (QED) is 0.852. The maximum absolute atomic E-state index is 11.9. The zero-order valence-corrected chi connectivity index (χ0v) is 14.2. The highest BCUT2D eigenvalue weighted by molar-refractivity contribution is 6.30. The van der Waals surface area contributed by atoms with Crippen LogP contribution in [0.2, 0.25) is 5.02 Å². The average molecular weight is 326 g/mol. The van der Waals surface area contributed by atoms with E-state index in [2.05, 4.69) is 4.90 Å². The zero-order valence-electron chi connectivity index (χ0n) is 13.5. The molecule has 0 unspecified atom stereocenters. The summed E-state index contributed by atoms with van der Waals surface area (Å²) < 4.78 is 5.62. The van der Waals surface area contributed by atoms with Crippen molar-refractivity contribution >= 4 is 17.6 Å². The van der Waals surface area contributed by atoms with Crippen LogP contribution in [0.4, 0.5) is 4.79 Å². The van der Waals surface area contributed by atoms with E-state index in [9.17, 15) is 4.79 Å². The van der Waals surface area contributed by atoms with E-state index >= 15 is 0 Å². The summed E-state index contributed by atoms with van der Waals surface area (Å²) in [6, 6.07) is 7.86. The zero-order chi connectivity index (χ0) is 16.1. The van der Waals surface area contributed by atoms with Crippen LogP contribution in [-0.4, -0.2) is 74.7 Å². The minimum absolute atomic E-state index is 0.0216. The molecular formula is C16H24ClN3O2. The number of hydrogen-bond donors (Lipinski definition) is 0. The Labute approximate surface area is 137 Å². The Bertz CT molecular complexity index is 485. The van der Waals surface area contributed by atoms with Crippen molar-refractivity contribution in [1.82, 2.24) is 14.7 Å². The van der Waals surface area contributed by atoms with Gasteiger partial charge in [0.2, 0.25) is 0 Å². The number of rotatable bonds is 4. The van der Waals surface area contributed by atoms with E-state index < -0.39 is 0 Å². The number of nitrogens with zero attached hydrogens (tertiary/aromatic N) is 3. The molecule has 1 fully saturated rings. The monoisotopic (exact) mass is 325 g/mol. The fourth-order valence-corrected chi connectivity index (χ4v) is 2.76. The highest BCUT2D eigenvalue weighted by atomic mass is 35.5. The second-order valence-corrected chi connectivity index (χ2v) is 6.18. The highest BCUT2D eigenvalue weighted by Crippen LogP contribution is 2.21. The molecule has 0 spiro atoms. The van der Waals surface area contributed by atoms with Crippen molar-refractivity contribution in [1.29, 1.82) is 0 Å². The summed E-state index contributed by atoms with van der Waals surface area (Å²) in [6.45, 7) is 4.07. The van der Waals surface area contributed by atoms with Gasteiger partial charge in [-0.3, -0.25) is 4.90 Å². The van der Waals surface area contributed by atoms with Gasteiger partial charge in [0.25, 0.3) is 0 Å². The fourth-order valence-electron chi connectivity index (χ4n) is 2.63. The number of hydrogen-bond acceptors (Lipinski definition) is 3. The number of piperazine rings is 1. The molecule has 1 aliphatic heterocycles. The number of urea groups is 1. The summed E-state index contributed by atoms with van der Waals surface area (Å²) in [5.41, 5.74) is 1.12. The molecule has 2 rings (SSSR count). The molecule has 6 heteroatoms. The van der Waals surface area contributed by atoms with Gasteiger partial charge in [0.15, 0.2) is 0 Å². The van der Waals surface area contributed by atoms with Crippen LogP contribution in [0.15, 0.2) is 24.3 Å². The van der Waals surface area contributed by atoms with Crippen molar-refractivity contribution in [2.45, 2.75) is 6.10 Å². The Hall–Kier alpha value is -1.30. The first kappa shape index (κ1) is 17.1. The van der Waals surface area contributed by atoms with Gasteiger partial charge in [-0.2, -0.15) is 0 Å². The van der Waals surface area contributed by atoms with Crippen molar-refractivity contribution in [2.24, 2.45) is 0 Å². The Morgan fingerprint density at radius 3 is 2.32 bits per heavy atom. The lowest BCUT2D eigenvalue weighted by Gasteiger charge is -2.37. The van der Waals surface area contributed by atoms with Crippen LogP contribution in [0.3, 0.4) is 0 Å². The third kappa shape index (κ3) is 4.35. The third-order valence-electron chi connectivity index (χ3n) is 3.98. The lowest BCUT2D eigenvalue weighted by molar-refractivity contribution is 0.0453. The van der Waals surface area contributed by atoms with E-state index in [0.717, 1.165) is 43.3 Å². The van der Waals surface area contributed by atoms with Crippen molar-refractivity contribution in [2.75, 3.05) is 53.9 Å². The van der Waals surface area contributed by atoms with E-state index in [0.29, 0.717) is 0 Å². The van der Waals surface area contributed by atoms with E-state index in [1.807, 2.05) is 29.2 Å². The Kier molecular flexibility index (Phi) is 6.06. The summed E-state index contributed by atoms with van der Waals surface area (Å²) in [7, 11) is 5.30. The molecule has 1 atom stereocenters. The molecule has 1 heterocycles. The molecule has 0 saturated carbocycles. The second kappa shape index (κ2) is 7.81. The normalized spacial score (nSPS) is 17.4. The van der Waals surface area contributed by atoms with Gasteiger partial charge in [0.1, 0.15) is 0 Å². The first-order chi connectivity index (χ1) is 10.5. The molecule has 1 saturated heterocycles. The molecule has 0 aliphatic carbocycles. The van der Waals surface area contributed by atoms with Gasteiger partial charge in [0, 0.05) is 59.0 Å². The van der Waals surface area contributed by atoms with Gasteiger partial charge in [0.05, 0.1) is 6.10 Å². The van der Waals surface area contributed by atoms with Crippen LogP contribution in [0.5, 0.6) is 0 Å². The molecule has 5 nitrogen and oxygen atoms in total. The van der Waals surface area contributed by atoms with Gasteiger partial charge in [-0.05, 0) is 17.7 Å². The summed E-state index contributed by atoms with van der Waals surface area (Å²) in [4.78, 5) is 17.8. The lowest BCUT2D eigenvalue weighted by Crippen LogP contribution is -2.52. The largest absolute Gasteiger partial charge is 0.375 e. The highest BCUT2D eigenvalue weighted by Gasteiger charge is 2.24. The molecule has 2 amide bonds. The van der Waals surface area contributed by atoms with Crippen LogP contribution in [0.25, 0.3) is 0 Å². The second-order valence-electron chi connectivity index (χ2n) is 5.74. The van der Waals surface area contributed by atoms with Gasteiger partial charge in [-0.25, -0.2) is 4.79 Å². The Morgan fingerprint density at radius 2 is 1.82 bits per heavy atom. The molecule has 1 aromatic rings. The topological polar surface area (TPSA) is 36.0 Å². The first-order valence-electron chi connectivity index (χ1n) is 7.48. The van der Waals surface area contributed by atoms with Crippen LogP contribution >= 0.6 is 11.6 Å². The fraction of sp³-hybridized carbons (Fsp3) is 0.562. The molecule has 0 bridgehead atoms. The Balaban J connectivity index is 1.88. The number of benzene rings is 1. The number of halogens is 1. The molecule has 1 aromatic carbocycles. The summed E-state index contributed by atoms with van der Waals surface area (Å²) in [6.07, 6.45) is 0.0216. The number of carbonyl (C=O) groups excluding carboxylic acids is 1. The smallest absolute Gasteiger partial charge is 0.319 e. The predicted octanol–water partition coefficient (Wildman–Crippen LogP) is 2.33. The number of methoxy groups -OCH3 is 1. The average Bonchev–Trinajstić information content (AvgIpc) is 2.53. The van der Waals surface area contributed by atoms with E-state index in [1.165, 1.54) is 0 Å². The van der Waals surface area contributed by atoms with Crippen LogP contribution in [0, 0.1) is 0 Å². The van der Waals surface area contributed by atoms with E-state index in [4.69, 9.17) is 16.3 Å². The lowest BCUT2D eigenvalue weighted by atomic mass is 10.1. The summed E-state index contributed by atoms with van der Waals surface area (Å²) in [5.74, 6) is 0. The summed E-state index contributed by atoms with van der Waals surface area (Å²) >= 11 is 5.93. The van der Waals surface area contributed by atoms with Crippen LogP contribution < -0.4 is 0 Å². The van der Waals surface area contributed by atoms with Crippen molar-refractivity contribution < 1.29 is 9.53 Å². The SMILES string of the molecule is CO[C@H](CN1CCN(C(=O)N(C)C)CC1)c1ccc(Cl)cc1. The number of carbonyl (C=O) groups is 1. The van der Waals surface area contributed by atoms with Gasteiger partial charge in [-0.1, -0.05) is 23.7 Å². The van der Waals surface area contributed by atoms with Crippen LogP contribution in [-0.2, 0) is 4.74 Å². The van der Waals surface area contributed by atoms with Crippen molar-refractivity contribution in [3.63, 3.8) is 0 Å². The van der Waals surface area contributed by atoms with Gasteiger partial charge < -0.3 is 14.5 Å². The van der Waals surface area contributed by atoms with E-state index in [1.54, 1.807) is 26.1 Å². The molecule has 0 N–H and O–H groups in total. The van der Waals surface area contributed by atoms with Gasteiger partial charge >= 0.3 is 6.03 Å². The molecule has 1 aliphatic rings. The first-order valence-corrected chi connectivity index (χ1v) is 7.86. The third-order valence-corrected chi connectivity index (χ3v) is 4.23. The van der Waals surface area contributed by atoms with Gasteiger partial charge in [-0.15, -0.1) is 0 Å². The van der Waals surface area contributed by atoms with Crippen molar-refractivity contribution in [3.05, 3.63) is 34.9 Å². The number of amides is 2. The van der Waals surface area contributed by atoms with Crippen LogP contribution in [0.1, 0.15) is 11.7 Å². The van der Waals surface area contributed by atoms with Crippen molar-refractivity contribution in [3.8, 4) is 0 Å². The molecule has 0 aromatic heterocycles. The molecule has 0 radical (unpaired) electrons. The molecule has 22 heavy (non-hydrogen) atoms. The maximum Gasteiger partial charge on any atom is 0.319 e. The minimum atomic E-state index is 0.0216. The standard InChI is InChI=1S/C16H24ClN3O2/c1-18(2)16(21)20-10-8-19(9-11-20)12-15(22-3)13-4-6-14(17)7-5-13/h4-7,15H,8-12H2,1-3H3/t15-/m1/s1. The molecule has 122 valence electrons. The maximum atomic E-state index is 11.9. The molecular weight excluding hydrogens is 302 g/mol. The van der Waals surface area contributed by atoms with E-state index in [-0.39, 0.29) is 12.1 Å². The minimum Gasteiger partial charge on any atom is -0.375 e. The predicted molar refractivity (Wildman–Crippen MR) is 88.3 cm³/mol. The Morgan fingerprint density at radius 1 is 1.23 bits per heavy atom. The summed E-state index contributed by atoms with van der Waals surface area (Å²) in [5, 5.41) is 0.731.